The van der Waals surface area contributed by atoms with Gasteiger partial charge in [-0.1, -0.05) is 31.2 Å². The molecule has 2 aromatic carbocycles. The van der Waals surface area contributed by atoms with Crippen molar-refractivity contribution in [3.63, 3.8) is 0 Å². The monoisotopic (exact) mass is 399 g/mol. The van der Waals surface area contributed by atoms with Crippen molar-refractivity contribution in [3.8, 4) is 0 Å². The Morgan fingerprint density at radius 2 is 1.62 bits per heavy atom. The lowest BCUT2D eigenvalue weighted by Gasteiger charge is -2.07. The minimum atomic E-state index is -0.639. The summed E-state index contributed by atoms with van der Waals surface area (Å²) in [5.74, 6) is -1.83. The van der Waals surface area contributed by atoms with Gasteiger partial charge in [0.1, 0.15) is 5.82 Å². The van der Waals surface area contributed by atoms with E-state index in [-0.39, 0.29) is 24.3 Å². The van der Waals surface area contributed by atoms with Crippen molar-refractivity contribution < 1.29 is 18.7 Å². The molecule has 0 aliphatic carbocycles. The number of carbonyl (C=O) groups is 2. The lowest BCUT2D eigenvalue weighted by atomic mass is 10.3. The van der Waals surface area contributed by atoms with Crippen LogP contribution in [0.15, 0.2) is 53.3 Å². The zero-order chi connectivity index (χ0) is 20.8. The number of halogens is 1. The molecule has 0 spiro atoms. The highest BCUT2D eigenvalue weighted by molar-refractivity contribution is 5.92. The molecule has 0 radical (unpaired) electrons. The lowest BCUT2D eigenvalue weighted by molar-refractivity contribution is -0.147. The Kier molecular flexibility index (Phi) is 6.43. The Balaban J connectivity index is 1.58. The Morgan fingerprint density at radius 1 is 1.00 bits per heavy atom. The number of nitrogens with zero attached hydrogens (tertiary/aromatic N) is 2. The molecule has 0 saturated heterocycles. The Morgan fingerprint density at radius 3 is 2.28 bits per heavy atom. The first-order valence-corrected chi connectivity index (χ1v) is 9.39. The summed E-state index contributed by atoms with van der Waals surface area (Å²) >= 11 is 0. The summed E-state index contributed by atoms with van der Waals surface area (Å²) in [5.41, 5.74) is 1.40. The molecular weight excluding hydrogens is 377 g/mol. The molecule has 0 saturated carbocycles. The largest absolute Gasteiger partial charge is 0.456 e. The number of rotatable bonds is 8. The van der Waals surface area contributed by atoms with Crippen LogP contribution in [-0.4, -0.2) is 27.6 Å². The molecule has 1 N–H and O–H groups in total. The summed E-state index contributed by atoms with van der Waals surface area (Å²) in [7, 11) is 0. The number of imidazole rings is 1. The van der Waals surface area contributed by atoms with Crippen LogP contribution in [0.1, 0.15) is 19.8 Å². The van der Waals surface area contributed by atoms with Crippen molar-refractivity contribution in [2.24, 2.45) is 0 Å². The molecule has 1 amide bonds. The average molecular weight is 399 g/mol. The van der Waals surface area contributed by atoms with E-state index >= 15 is 0 Å². The van der Waals surface area contributed by atoms with Gasteiger partial charge in [-0.25, -0.2) is 9.18 Å². The molecule has 8 heteroatoms. The van der Waals surface area contributed by atoms with Crippen LogP contribution < -0.4 is 11.0 Å². The molecule has 3 aromatic rings. The number of amides is 1. The van der Waals surface area contributed by atoms with Gasteiger partial charge in [0.2, 0.25) is 0 Å². The highest BCUT2D eigenvalue weighted by Crippen LogP contribution is 2.14. The molecule has 1 aromatic heterocycles. The maximum absolute atomic E-state index is 13.5. The number of nitrogens with one attached hydrogen (secondary N) is 1. The van der Waals surface area contributed by atoms with E-state index in [1.807, 2.05) is 31.2 Å². The van der Waals surface area contributed by atoms with Crippen LogP contribution in [0, 0.1) is 5.82 Å². The van der Waals surface area contributed by atoms with E-state index in [9.17, 15) is 18.8 Å². The fraction of sp³-hybridized carbons (Fsp3) is 0.286. The fourth-order valence-electron chi connectivity index (χ4n) is 3.10. The molecule has 29 heavy (non-hydrogen) atoms. The van der Waals surface area contributed by atoms with Gasteiger partial charge >= 0.3 is 11.7 Å². The number of hydrogen-bond donors (Lipinski definition) is 1. The number of anilines is 1. The predicted molar refractivity (Wildman–Crippen MR) is 107 cm³/mol. The van der Waals surface area contributed by atoms with Crippen molar-refractivity contribution >= 4 is 28.6 Å². The van der Waals surface area contributed by atoms with E-state index in [0.717, 1.165) is 17.5 Å². The number of fused-ring (bicyclic) bond motifs is 1. The van der Waals surface area contributed by atoms with Crippen LogP contribution in [0.4, 0.5) is 10.1 Å². The van der Waals surface area contributed by atoms with E-state index < -0.39 is 24.3 Å². The maximum Gasteiger partial charge on any atom is 0.329 e. The van der Waals surface area contributed by atoms with Gasteiger partial charge in [-0.05, 0) is 30.7 Å². The highest BCUT2D eigenvalue weighted by Gasteiger charge is 2.15. The number of para-hydroxylation sites is 3. The van der Waals surface area contributed by atoms with E-state index in [1.54, 1.807) is 10.6 Å². The molecule has 3 rings (SSSR count). The molecule has 0 aliphatic rings. The zero-order valence-electron chi connectivity index (χ0n) is 16.1. The van der Waals surface area contributed by atoms with E-state index in [1.165, 1.54) is 22.8 Å². The van der Waals surface area contributed by atoms with Gasteiger partial charge in [0.05, 0.1) is 23.1 Å². The molecule has 0 atom stereocenters. The molecule has 1 heterocycles. The number of esters is 1. The smallest absolute Gasteiger partial charge is 0.329 e. The van der Waals surface area contributed by atoms with Crippen molar-refractivity contribution in [2.45, 2.75) is 32.9 Å². The summed E-state index contributed by atoms with van der Waals surface area (Å²) in [6.45, 7) is 2.19. The van der Waals surface area contributed by atoms with Gasteiger partial charge in [0.25, 0.3) is 5.91 Å². The zero-order valence-corrected chi connectivity index (χ0v) is 16.1. The quantitative estimate of drug-likeness (QED) is 0.591. The average Bonchev–Trinajstić information content (AvgIpc) is 2.98. The second-order valence-corrected chi connectivity index (χ2v) is 6.51. The van der Waals surface area contributed by atoms with Crippen molar-refractivity contribution in [1.82, 2.24) is 9.13 Å². The Bertz CT molecular complexity index is 1090. The summed E-state index contributed by atoms with van der Waals surface area (Å²) < 4.78 is 21.7. The third-order valence-corrected chi connectivity index (χ3v) is 4.42. The van der Waals surface area contributed by atoms with Crippen LogP contribution in [0.2, 0.25) is 0 Å². The minimum Gasteiger partial charge on any atom is -0.456 e. The fourth-order valence-corrected chi connectivity index (χ4v) is 3.10. The van der Waals surface area contributed by atoms with Gasteiger partial charge in [-0.15, -0.1) is 0 Å². The van der Waals surface area contributed by atoms with Crippen LogP contribution in [0.25, 0.3) is 11.0 Å². The maximum atomic E-state index is 13.5. The first kappa shape index (κ1) is 20.3. The van der Waals surface area contributed by atoms with E-state index in [4.69, 9.17) is 4.74 Å². The van der Waals surface area contributed by atoms with Crippen LogP contribution in [0.3, 0.4) is 0 Å². The highest BCUT2D eigenvalue weighted by atomic mass is 19.1. The number of ether oxygens (including phenoxy) is 1. The van der Waals surface area contributed by atoms with E-state index in [2.05, 4.69) is 5.32 Å². The van der Waals surface area contributed by atoms with Gasteiger partial charge in [0, 0.05) is 13.1 Å². The molecule has 0 fully saturated rings. The number of aromatic nitrogens is 2. The van der Waals surface area contributed by atoms with Crippen LogP contribution >= 0.6 is 0 Å². The van der Waals surface area contributed by atoms with Gasteiger partial charge < -0.3 is 10.1 Å². The number of benzene rings is 2. The van der Waals surface area contributed by atoms with Gasteiger partial charge in [-0.3, -0.25) is 18.7 Å². The SMILES string of the molecule is CCCn1c(=O)n(CCC(=O)OCC(=O)Nc2ccccc2F)c2ccccc21. The number of hydrogen-bond acceptors (Lipinski definition) is 4. The first-order valence-electron chi connectivity index (χ1n) is 9.39. The second kappa shape index (κ2) is 9.18. The Hall–Kier alpha value is -3.42. The van der Waals surface area contributed by atoms with Gasteiger partial charge in [0.15, 0.2) is 6.61 Å². The summed E-state index contributed by atoms with van der Waals surface area (Å²) in [4.78, 5) is 36.5. The molecule has 0 aliphatic heterocycles. The summed E-state index contributed by atoms with van der Waals surface area (Å²) in [5, 5.41) is 2.34. The third-order valence-electron chi connectivity index (χ3n) is 4.42. The van der Waals surface area contributed by atoms with E-state index in [0.29, 0.717) is 6.54 Å². The lowest BCUT2D eigenvalue weighted by Crippen LogP contribution is -2.26. The molecular formula is C21H22FN3O4. The van der Waals surface area contributed by atoms with Crippen LogP contribution in [-0.2, 0) is 27.4 Å². The second-order valence-electron chi connectivity index (χ2n) is 6.51. The minimum absolute atomic E-state index is 0.0174. The van der Waals surface area contributed by atoms with Gasteiger partial charge in [-0.2, -0.15) is 0 Å². The van der Waals surface area contributed by atoms with Crippen molar-refractivity contribution in [1.29, 1.82) is 0 Å². The number of carbonyl (C=O) groups excluding carboxylic acids is 2. The van der Waals surface area contributed by atoms with Crippen molar-refractivity contribution in [2.75, 3.05) is 11.9 Å². The van der Waals surface area contributed by atoms with Crippen molar-refractivity contribution in [3.05, 3.63) is 64.8 Å². The predicted octanol–water partition coefficient (Wildman–Crippen LogP) is 2.92. The molecule has 0 unspecified atom stereocenters. The summed E-state index contributed by atoms with van der Waals surface area (Å²) in [6.07, 6.45) is 0.750. The Labute approximate surface area is 166 Å². The number of aryl methyl sites for hydroxylation is 2. The first-order chi connectivity index (χ1) is 14.0. The standard InChI is InChI=1S/C21H22FN3O4/c1-2-12-24-17-9-5-6-10-18(17)25(21(24)28)13-11-20(27)29-14-19(26)23-16-8-4-3-7-15(16)22/h3-10H,2,11-14H2,1H3,(H,23,26). The summed E-state index contributed by atoms with van der Waals surface area (Å²) in [6, 6.07) is 13.1. The third kappa shape index (κ3) is 4.71. The van der Waals surface area contributed by atoms with Crippen LogP contribution in [0.5, 0.6) is 0 Å². The molecule has 152 valence electrons. The normalized spacial score (nSPS) is 10.8. The molecule has 0 bridgehead atoms. The molecule has 7 nitrogen and oxygen atoms in total. The topological polar surface area (TPSA) is 82.3 Å².